The largest absolute Gasteiger partial charge is 0.775 e. The van der Waals surface area contributed by atoms with E-state index in [4.69, 9.17) is 4.74 Å². The molecule has 1 rings (SSSR count). The second-order valence-corrected chi connectivity index (χ2v) is 7.50. The van der Waals surface area contributed by atoms with E-state index in [1.807, 2.05) is 13.8 Å². The monoisotopic (exact) mass is 334 g/mol. The van der Waals surface area contributed by atoms with E-state index >= 15 is 0 Å². The van der Waals surface area contributed by atoms with E-state index in [2.05, 4.69) is 15.6 Å². The highest BCUT2D eigenvalue weighted by Gasteiger charge is 2.38. The van der Waals surface area contributed by atoms with Crippen LogP contribution in [0.3, 0.4) is 0 Å². The van der Waals surface area contributed by atoms with Gasteiger partial charge in [0.05, 0.1) is 6.10 Å². The SMILES string of the molecule is CCC(CC)O[C@@H]1C=C(P(=O)([O-])OC)C[C@H]([NH3+])[C@H]1NC(C)=O. The predicted octanol–water partition coefficient (Wildman–Crippen LogP) is 0.163. The summed E-state index contributed by atoms with van der Waals surface area (Å²) in [4.78, 5) is 23.4. The van der Waals surface area contributed by atoms with Crippen molar-refractivity contribution in [2.45, 2.75) is 64.3 Å². The van der Waals surface area contributed by atoms with Crippen molar-refractivity contribution < 1.29 is 29.2 Å². The van der Waals surface area contributed by atoms with Gasteiger partial charge >= 0.3 is 0 Å². The lowest BCUT2D eigenvalue weighted by molar-refractivity contribution is -0.429. The van der Waals surface area contributed by atoms with Crippen LogP contribution < -0.4 is 15.9 Å². The number of hydrogen-bond donors (Lipinski definition) is 2. The zero-order valence-electron chi connectivity index (χ0n) is 13.7. The molecule has 1 unspecified atom stereocenters. The molecule has 0 saturated heterocycles. The van der Waals surface area contributed by atoms with Crippen LogP contribution in [-0.4, -0.2) is 37.3 Å². The maximum atomic E-state index is 12.0. The third-order valence-corrected chi connectivity index (χ3v) is 5.43. The molecule has 0 bridgehead atoms. The summed E-state index contributed by atoms with van der Waals surface area (Å²) in [6.07, 6.45) is 2.86. The van der Waals surface area contributed by atoms with Crippen LogP contribution >= 0.6 is 7.60 Å². The van der Waals surface area contributed by atoms with E-state index < -0.39 is 13.7 Å². The third-order valence-electron chi connectivity index (χ3n) is 3.91. The number of amides is 1. The molecule has 0 fully saturated rings. The van der Waals surface area contributed by atoms with Gasteiger partial charge in [-0.3, -0.25) is 4.79 Å². The maximum absolute atomic E-state index is 12.0. The molecule has 0 saturated carbocycles. The van der Waals surface area contributed by atoms with Gasteiger partial charge in [0.25, 0.3) is 0 Å². The number of carbonyl (C=O) groups excluding carboxylic acids is 1. The summed E-state index contributed by atoms with van der Waals surface area (Å²) in [5.74, 6) is -0.189. The molecule has 1 amide bonds. The van der Waals surface area contributed by atoms with Crippen LogP contribution in [0.1, 0.15) is 40.0 Å². The van der Waals surface area contributed by atoms with E-state index in [0.717, 1.165) is 20.0 Å². The molecule has 128 valence electrons. The Kier molecular flexibility index (Phi) is 7.22. The first-order valence-electron chi connectivity index (χ1n) is 7.58. The van der Waals surface area contributed by atoms with Crippen LogP contribution in [-0.2, 0) is 18.6 Å². The average molecular weight is 334 g/mol. The lowest BCUT2D eigenvalue weighted by Crippen LogP contribution is -2.73. The van der Waals surface area contributed by atoms with Crippen LogP contribution in [0.4, 0.5) is 0 Å². The zero-order valence-corrected chi connectivity index (χ0v) is 14.6. The van der Waals surface area contributed by atoms with Gasteiger partial charge < -0.3 is 29.8 Å². The fourth-order valence-electron chi connectivity index (χ4n) is 2.61. The second-order valence-electron chi connectivity index (χ2n) is 5.57. The van der Waals surface area contributed by atoms with E-state index in [9.17, 15) is 14.3 Å². The van der Waals surface area contributed by atoms with Crippen molar-refractivity contribution in [2.24, 2.45) is 0 Å². The number of ether oxygens (including phenoxy) is 1. The first-order valence-corrected chi connectivity index (χ1v) is 9.13. The first-order chi connectivity index (χ1) is 10.2. The van der Waals surface area contributed by atoms with Gasteiger partial charge in [-0.15, -0.1) is 0 Å². The van der Waals surface area contributed by atoms with Crippen molar-refractivity contribution in [2.75, 3.05) is 7.11 Å². The molecular weight excluding hydrogens is 307 g/mol. The summed E-state index contributed by atoms with van der Waals surface area (Å²) in [6.45, 7) is 5.43. The molecule has 0 aromatic carbocycles. The summed E-state index contributed by atoms with van der Waals surface area (Å²) in [7, 11) is -2.92. The van der Waals surface area contributed by atoms with Crippen molar-refractivity contribution >= 4 is 13.5 Å². The third kappa shape index (κ3) is 4.89. The summed E-state index contributed by atoms with van der Waals surface area (Å²) in [6, 6.07) is -0.653. The van der Waals surface area contributed by atoms with E-state index in [1.54, 1.807) is 6.08 Å². The molecule has 0 aromatic heterocycles. The van der Waals surface area contributed by atoms with Gasteiger partial charge in [0, 0.05) is 25.8 Å². The van der Waals surface area contributed by atoms with Gasteiger partial charge in [-0.2, -0.15) is 0 Å². The molecule has 0 spiro atoms. The Morgan fingerprint density at radius 3 is 2.59 bits per heavy atom. The second kappa shape index (κ2) is 8.22. The summed E-state index contributed by atoms with van der Waals surface area (Å²) >= 11 is 0. The van der Waals surface area contributed by atoms with Crippen LogP contribution in [0.25, 0.3) is 0 Å². The summed E-state index contributed by atoms with van der Waals surface area (Å²) < 4.78 is 22.6. The zero-order chi connectivity index (χ0) is 16.9. The molecule has 4 atom stereocenters. The Balaban J connectivity index is 3.09. The Hall–Kier alpha value is -0.720. The molecule has 0 aromatic rings. The molecule has 1 aliphatic rings. The first kappa shape index (κ1) is 19.3. The van der Waals surface area contributed by atoms with Gasteiger partial charge in [0.2, 0.25) is 5.91 Å². The van der Waals surface area contributed by atoms with Gasteiger partial charge in [-0.05, 0) is 18.9 Å². The van der Waals surface area contributed by atoms with Crippen LogP contribution in [0.5, 0.6) is 0 Å². The normalized spacial score (nSPS) is 28.1. The highest BCUT2D eigenvalue weighted by Crippen LogP contribution is 2.49. The molecular formula is C14H27N2O5P. The van der Waals surface area contributed by atoms with E-state index in [0.29, 0.717) is 0 Å². The Bertz CT molecular complexity index is 464. The van der Waals surface area contributed by atoms with Gasteiger partial charge in [0.1, 0.15) is 18.2 Å². The molecule has 0 aliphatic heterocycles. The molecule has 0 radical (unpaired) electrons. The van der Waals surface area contributed by atoms with Crippen molar-refractivity contribution in [3.63, 3.8) is 0 Å². The van der Waals surface area contributed by atoms with Crippen LogP contribution in [0, 0.1) is 0 Å². The number of hydrogen-bond acceptors (Lipinski definition) is 5. The van der Waals surface area contributed by atoms with Crippen LogP contribution in [0.2, 0.25) is 0 Å². The Labute approximate surface area is 131 Å². The lowest BCUT2D eigenvalue weighted by Gasteiger charge is -2.37. The predicted molar refractivity (Wildman–Crippen MR) is 80.8 cm³/mol. The minimum atomic E-state index is -4.07. The smallest absolute Gasteiger partial charge is 0.217 e. The topological polar surface area (TPSA) is 115 Å². The number of quaternary nitrogens is 1. The number of rotatable bonds is 7. The average Bonchev–Trinajstić information content (AvgIpc) is 2.47. The summed E-state index contributed by atoms with van der Waals surface area (Å²) in [5, 5.41) is 3.01. The van der Waals surface area contributed by atoms with Crippen molar-refractivity contribution in [1.82, 2.24) is 5.32 Å². The lowest BCUT2D eigenvalue weighted by atomic mass is 9.93. The molecule has 4 N–H and O–H groups in total. The standard InChI is InChI=1S/C14H27N2O5P/c1-5-10(6-2)21-13-8-11(22(18,19)20-4)7-12(15)14(13)16-9(3)17/h8,10,12-14H,5-7,15H2,1-4H3,(H,16,17)(H,18,19)/t12-,13+,14+/m0/s1. The number of nitrogens with one attached hydrogen (secondary N) is 1. The summed E-state index contributed by atoms with van der Waals surface area (Å²) in [5.41, 5.74) is 3.99. The quantitative estimate of drug-likeness (QED) is 0.644. The number of carbonyl (C=O) groups is 1. The van der Waals surface area contributed by atoms with Crippen molar-refractivity contribution in [3.05, 3.63) is 11.4 Å². The highest BCUT2D eigenvalue weighted by atomic mass is 31.2. The molecule has 7 nitrogen and oxygen atoms in total. The minimum Gasteiger partial charge on any atom is -0.775 e. The van der Waals surface area contributed by atoms with Gasteiger partial charge in [-0.25, -0.2) is 0 Å². The maximum Gasteiger partial charge on any atom is 0.217 e. The van der Waals surface area contributed by atoms with Gasteiger partial charge in [0.15, 0.2) is 7.60 Å². The molecule has 1 aliphatic carbocycles. The van der Waals surface area contributed by atoms with Crippen molar-refractivity contribution in [1.29, 1.82) is 0 Å². The fraction of sp³-hybridized carbons (Fsp3) is 0.786. The fourth-order valence-corrected chi connectivity index (χ4v) is 3.63. The van der Waals surface area contributed by atoms with E-state index in [1.165, 1.54) is 6.92 Å². The molecule has 8 heteroatoms. The molecule has 22 heavy (non-hydrogen) atoms. The Morgan fingerprint density at radius 1 is 1.55 bits per heavy atom. The molecule has 0 heterocycles. The van der Waals surface area contributed by atoms with Crippen molar-refractivity contribution in [3.8, 4) is 0 Å². The van der Waals surface area contributed by atoms with Gasteiger partial charge in [-0.1, -0.05) is 13.8 Å². The highest BCUT2D eigenvalue weighted by molar-refractivity contribution is 7.56. The minimum absolute atomic E-state index is 0.00218. The van der Waals surface area contributed by atoms with E-state index in [-0.39, 0.29) is 35.8 Å². The Morgan fingerprint density at radius 2 is 2.14 bits per heavy atom. The van der Waals surface area contributed by atoms with Crippen LogP contribution in [0.15, 0.2) is 11.4 Å².